The molecule has 0 fully saturated rings. The fraction of sp³-hybridized carbons (Fsp3) is 0.308. The van der Waals surface area contributed by atoms with Crippen molar-refractivity contribution in [2.45, 2.75) is 51.0 Å². The van der Waals surface area contributed by atoms with Crippen LogP contribution < -0.4 is 4.74 Å². The number of rotatable bonds is 3. The summed E-state index contributed by atoms with van der Waals surface area (Å²) in [5.41, 5.74) is 5.16. The molecule has 3 aromatic rings. The largest absolute Gasteiger partial charge is 0.508 e. The van der Waals surface area contributed by atoms with Crippen LogP contribution in [0, 0.1) is 0 Å². The molecule has 0 saturated carbocycles. The molecule has 2 unspecified atom stereocenters. The van der Waals surface area contributed by atoms with Crippen molar-refractivity contribution < 1.29 is 9.84 Å². The number of fused-ring (bicyclic) bond motifs is 1. The van der Waals surface area contributed by atoms with E-state index < -0.39 is 0 Å². The molecule has 4 rings (SSSR count). The molecule has 0 bridgehead atoms. The molecular weight excluding hydrogens is 344 g/mol. The van der Waals surface area contributed by atoms with Gasteiger partial charge in [0.25, 0.3) is 0 Å². The SMILES string of the molecule is CC(C)(C)Oc1ccc2c(c1)CCC(c1ccccc1)C2c1ccc(O)cc1. The summed E-state index contributed by atoms with van der Waals surface area (Å²) in [6.45, 7) is 6.24. The highest BCUT2D eigenvalue weighted by Gasteiger charge is 2.32. The summed E-state index contributed by atoms with van der Waals surface area (Å²) in [7, 11) is 0. The summed E-state index contributed by atoms with van der Waals surface area (Å²) in [5, 5.41) is 9.76. The number of aromatic hydroxyl groups is 1. The fourth-order valence-electron chi connectivity index (χ4n) is 4.37. The second-order valence-electron chi connectivity index (χ2n) is 8.70. The average Bonchev–Trinajstić information content (AvgIpc) is 2.67. The van der Waals surface area contributed by atoms with Crippen molar-refractivity contribution in [2.75, 3.05) is 0 Å². The highest BCUT2D eigenvalue weighted by Crippen LogP contribution is 2.47. The molecule has 0 amide bonds. The van der Waals surface area contributed by atoms with Crippen molar-refractivity contribution in [3.05, 3.63) is 95.1 Å². The third-order valence-corrected chi connectivity index (χ3v) is 5.48. The first-order valence-electron chi connectivity index (χ1n) is 10.1. The molecule has 2 nitrogen and oxygen atoms in total. The second kappa shape index (κ2) is 7.35. The number of hydrogen-bond acceptors (Lipinski definition) is 2. The predicted molar refractivity (Wildman–Crippen MR) is 114 cm³/mol. The van der Waals surface area contributed by atoms with Crippen molar-refractivity contribution in [1.29, 1.82) is 0 Å². The quantitative estimate of drug-likeness (QED) is 0.574. The highest BCUT2D eigenvalue weighted by atomic mass is 16.5. The van der Waals surface area contributed by atoms with Gasteiger partial charge in [-0.05, 0) is 86.1 Å². The topological polar surface area (TPSA) is 29.5 Å². The molecule has 1 aliphatic rings. The molecule has 2 atom stereocenters. The van der Waals surface area contributed by atoms with E-state index in [1.807, 2.05) is 0 Å². The van der Waals surface area contributed by atoms with E-state index in [0.717, 1.165) is 18.6 Å². The number of ether oxygens (including phenoxy) is 1. The van der Waals surface area contributed by atoms with Gasteiger partial charge in [0.2, 0.25) is 0 Å². The maximum absolute atomic E-state index is 9.76. The molecule has 28 heavy (non-hydrogen) atoms. The molecule has 0 aromatic heterocycles. The van der Waals surface area contributed by atoms with Crippen LogP contribution >= 0.6 is 0 Å². The Balaban J connectivity index is 1.78. The van der Waals surface area contributed by atoms with E-state index in [-0.39, 0.29) is 11.5 Å². The maximum atomic E-state index is 9.76. The van der Waals surface area contributed by atoms with Gasteiger partial charge in [-0.1, -0.05) is 48.5 Å². The zero-order valence-corrected chi connectivity index (χ0v) is 16.9. The lowest BCUT2D eigenvalue weighted by molar-refractivity contribution is 0.130. The highest BCUT2D eigenvalue weighted by molar-refractivity contribution is 5.48. The Labute approximate surface area is 167 Å². The van der Waals surface area contributed by atoms with E-state index in [1.165, 1.54) is 22.3 Å². The van der Waals surface area contributed by atoms with Gasteiger partial charge in [-0.2, -0.15) is 0 Å². The van der Waals surface area contributed by atoms with Crippen LogP contribution in [-0.4, -0.2) is 10.7 Å². The monoisotopic (exact) mass is 372 g/mol. The van der Waals surface area contributed by atoms with Gasteiger partial charge in [0, 0.05) is 5.92 Å². The van der Waals surface area contributed by atoms with E-state index in [9.17, 15) is 5.11 Å². The van der Waals surface area contributed by atoms with Crippen molar-refractivity contribution >= 4 is 0 Å². The van der Waals surface area contributed by atoms with Gasteiger partial charge in [-0.3, -0.25) is 0 Å². The zero-order valence-electron chi connectivity index (χ0n) is 16.9. The van der Waals surface area contributed by atoms with Gasteiger partial charge in [-0.15, -0.1) is 0 Å². The summed E-state index contributed by atoms with van der Waals surface area (Å²) >= 11 is 0. The van der Waals surface area contributed by atoms with Crippen molar-refractivity contribution in [2.24, 2.45) is 0 Å². The summed E-state index contributed by atoms with van der Waals surface area (Å²) < 4.78 is 6.10. The molecular formula is C26H28O2. The van der Waals surface area contributed by atoms with E-state index in [4.69, 9.17) is 4.74 Å². The van der Waals surface area contributed by atoms with E-state index >= 15 is 0 Å². The molecule has 0 radical (unpaired) electrons. The molecule has 0 aliphatic heterocycles. The summed E-state index contributed by atoms with van der Waals surface area (Å²) in [6.07, 6.45) is 2.15. The lowest BCUT2D eigenvalue weighted by atomic mass is 9.69. The van der Waals surface area contributed by atoms with Gasteiger partial charge in [-0.25, -0.2) is 0 Å². The Bertz CT molecular complexity index is 936. The third-order valence-electron chi connectivity index (χ3n) is 5.48. The normalized spacial score (nSPS) is 19.1. The van der Waals surface area contributed by atoms with Crippen molar-refractivity contribution in [3.63, 3.8) is 0 Å². The summed E-state index contributed by atoms with van der Waals surface area (Å²) in [5.74, 6) is 1.95. The van der Waals surface area contributed by atoms with Gasteiger partial charge >= 0.3 is 0 Å². The van der Waals surface area contributed by atoms with Crippen molar-refractivity contribution in [3.8, 4) is 11.5 Å². The summed E-state index contributed by atoms with van der Waals surface area (Å²) in [6, 6.07) is 25.1. The molecule has 2 heteroatoms. The molecule has 0 saturated heterocycles. The Morgan fingerprint density at radius 2 is 1.57 bits per heavy atom. The van der Waals surface area contributed by atoms with Gasteiger partial charge in [0.1, 0.15) is 17.1 Å². The first-order chi connectivity index (χ1) is 13.4. The van der Waals surface area contributed by atoms with Crippen LogP contribution in [0.3, 0.4) is 0 Å². The Kier molecular flexibility index (Phi) is 4.89. The van der Waals surface area contributed by atoms with Crippen LogP contribution in [-0.2, 0) is 6.42 Å². The van der Waals surface area contributed by atoms with Crippen LogP contribution in [0.1, 0.15) is 61.3 Å². The average molecular weight is 373 g/mol. The van der Waals surface area contributed by atoms with Crippen LogP contribution in [0.15, 0.2) is 72.8 Å². The van der Waals surface area contributed by atoms with Crippen LogP contribution in [0.2, 0.25) is 0 Å². The third kappa shape index (κ3) is 3.91. The number of benzene rings is 3. The second-order valence-corrected chi connectivity index (χ2v) is 8.70. The number of aryl methyl sites for hydroxylation is 1. The van der Waals surface area contributed by atoms with E-state index in [0.29, 0.717) is 11.7 Å². The Morgan fingerprint density at radius 1 is 0.857 bits per heavy atom. The molecule has 1 aliphatic carbocycles. The van der Waals surface area contributed by atoms with Gasteiger partial charge in [0.15, 0.2) is 0 Å². The van der Waals surface area contributed by atoms with Crippen LogP contribution in [0.25, 0.3) is 0 Å². The molecule has 1 N–H and O–H groups in total. The van der Waals surface area contributed by atoms with Crippen LogP contribution in [0.5, 0.6) is 11.5 Å². The van der Waals surface area contributed by atoms with Crippen LogP contribution in [0.4, 0.5) is 0 Å². The van der Waals surface area contributed by atoms with Gasteiger partial charge < -0.3 is 9.84 Å². The smallest absolute Gasteiger partial charge is 0.120 e. The van der Waals surface area contributed by atoms with E-state index in [1.54, 1.807) is 12.1 Å². The lowest BCUT2D eigenvalue weighted by Gasteiger charge is -2.35. The standard InChI is InChI=1S/C26H28O2/c1-26(2,3)28-22-14-16-24-20(17-22)11-15-23(18-7-5-4-6-8-18)25(24)19-9-12-21(27)13-10-19/h4-10,12-14,16-17,23,25,27H,11,15H2,1-3H3. The van der Waals surface area contributed by atoms with E-state index in [2.05, 4.69) is 81.4 Å². The zero-order chi connectivity index (χ0) is 19.7. The fourth-order valence-corrected chi connectivity index (χ4v) is 4.37. The minimum Gasteiger partial charge on any atom is -0.508 e. The first-order valence-corrected chi connectivity index (χ1v) is 10.1. The minimum absolute atomic E-state index is 0.203. The number of hydrogen-bond donors (Lipinski definition) is 1. The van der Waals surface area contributed by atoms with Crippen molar-refractivity contribution in [1.82, 2.24) is 0 Å². The molecule has 144 valence electrons. The Morgan fingerprint density at radius 3 is 2.25 bits per heavy atom. The van der Waals surface area contributed by atoms with Gasteiger partial charge in [0.05, 0.1) is 0 Å². The molecule has 0 spiro atoms. The summed E-state index contributed by atoms with van der Waals surface area (Å²) in [4.78, 5) is 0. The predicted octanol–water partition coefficient (Wildman–Crippen LogP) is 6.43. The molecule has 3 aromatic carbocycles. The lowest BCUT2D eigenvalue weighted by Crippen LogP contribution is -2.24. The minimum atomic E-state index is -0.203. The number of phenols is 1. The Hall–Kier alpha value is -2.74. The molecule has 0 heterocycles. The number of phenolic OH excluding ortho intramolecular Hbond substituents is 1. The first kappa shape index (κ1) is 18.6. The maximum Gasteiger partial charge on any atom is 0.120 e.